The van der Waals surface area contributed by atoms with Crippen molar-refractivity contribution in [1.29, 1.82) is 0 Å². The Labute approximate surface area is 513 Å². The quantitative estimate of drug-likeness (QED) is 0.0207. The van der Waals surface area contributed by atoms with Crippen molar-refractivity contribution >= 4 is 82.1 Å². The maximum absolute atomic E-state index is 14.7. The van der Waals surface area contributed by atoms with Crippen LogP contribution in [0.25, 0.3) is 0 Å². The van der Waals surface area contributed by atoms with Crippen molar-refractivity contribution in [3.05, 3.63) is 52.0 Å². The van der Waals surface area contributed by atoms with Crippen molar-refractivity contribution in [3.8, 4) is 5.75 Å². The van der Waals surface area contributed by atoms with Crippen LogP contribution >= 0.6 is 11.3 Å². The number of rotatable bonds is 35. The van der Waals surface area contributed by atoms with Gasteiger partial charge < -0.3 is 66.7 Å². The molecule has 0 bridgehead atoms. The number of carbonyl (C=O) groups excluding carboxylic acids is 10. The van der Waals surface area contributed by atoms with Crippen LogP contribution in [0.5, 0.6) is 5.75 Å². The number of carboxylic acids is 1. The first-order chi connectivity index (χ1) is 41.0. The molecule has 2 aliphatic rings. The predicted molar refractivity (Wildman–Crippen MR) is 324 cm³/mol. The molecule has 0 spiro atoms. The number of nitrogens with one attached hydrogen (secondary N) is 7. The zero-order valence-electron chi connectivity index (χ0n) is 52.2. The maximum atomic E-state index is 14.7. The van der Waals surface area contributed by atoms with Gasteiger partial charge in [0.2, 0.25) is 35.4 Å². The standard InChI is InChI=1S/C60H91N11O15S/c1-13-34(3)44(70(12)57(81)52(35(4)14-2)68-59(84)60(9,10)47-32-69(11)25-22-61-47)31-46(86-39(8)72)56-67-43(33-87-56)55(80)65-41(28-36(5)58(82)83)29-40-17-18-45(73)42(30-40)66-54(79)38(7)64-53(78)37(6)63-49(75)21-26-85-27-23-62-48(74)16-15-24-71-50(76)19-20-51(71)77/h17-20,30,33-38,41,44,46-47,52,61,73H,13-16,21-29,31-32H2,1-12H3,(H,62,74)(H,63,75)(H,64,78)(H,65,80)(H,66,79)(H,68,84)(H,82,83)/t34?,35-,36-,37-,38-,41+,44+,46+,47?,52-/m0/s1. The molecular weight excluding hydrogens is 1150 g/mol. The van der Waals surface area contributed by atoms with E-state index in [1.165, 1.54) is 63.4 Å². The van der Waals surface area contributed by atoms with E-state index in [-0.39, 0.29) is 116 Å². The largest absolute Gasteiger partial charge is 0.506 e. The number of nitrogens with zero attached hydrogens (tertiary/aromatic N) is 4. The summed E-state index contributed by atoms with van der Waals surface area (Å²) in [4.78, 5) is 151. The van der Waals surface area contributed by atoms with E-state index in [2.05, 4.69) is 47.1 Å². The van der Waals surface area contributed by atoms with E-state index in [1.54, 1.807) is 11.9 Å². The van der Waals surface area contributed by atoms with Gasteiger partial charge in [0.05, 0.1) is 30.2 Å². The van der Waals surface area contributed by atoms with Crippen LogP contribution in [-0.4, -0.2) is 191 Å². The monoisotopic (exact) mass is 1240 g/mol. The highest BCUT2D eigenvalue weighted by Crippen LogP contribution is 2.33. The Morgan fingerprint density at radius 3 is 2.17 bits per heavy atom. The molecule has 482 valence electrons. The van der Waals surface area contributed by atoms with Crippen LogP contribution in [0.3, 0.4) is 0 Å². The number of thiazole rings is 1. The fourth-order valence-electron chi connectivity index (χ4n) is 9.90. The molecule has 3 heterocycles. The third kappa shape index (κ3) is 22.1. The number of benzene rings is 1. The smallest absolute Gasteiger partial charge is 0.306 e. The Morgan fingerprint density at radius 2 is 1.54 bits per heavy atom. The van der Waals surface area contributed by atoms with Gasteiger partial charge in [-0.2, -0.15) is 0 Å². The number of hydrogen-bond acceptors (Lipinski definition) is 18. The van der Waals surface area contributed by atoms with Gasteiger partial charge in [-0.1, -0.05) is 53.5 Å². The van der Waals surface area contributed by atoms with Gasteiger partial charge in [-0.05, 0) is 83.5 Å². The summed E-state index contributed by atoms with van der Waals surface area (Å²) in [5.41, 5.74) is -0.458. The minimum Gasteiger partial charge on any atom is -0.506 e. The van der Waals surface area contributed by atoms with E-state index < -0.39 is 95.0 Å². The minimum atomic E-state index is -1.16. The zero-order chi connectivity index (χ0) is 64.9. The first kappa shape index (κ1) is 72.1. The average Bonchev–Trinajstić information content (AvgIpc) is 4.04. The third-order valence-electron chi connectivity index (χ3n) is 16.0. The van der Waals surface area contributed by atoms with E-state index in [0.717, 1.165) is 29.3 Å². The molecule has 2 aromatic rings. The van der Waals surface area contributed by atoms with Gasteiger partial charge in [-0.25, -0.2) is 4.98 Å². The lowest BCUT2D eigenvalue weighted by Crippen LogP contribution is -2.62. The summed E-state index contributed by atoms with van der Waals surface area (Å²) < 4.78 is 11.3. The van der Waals surface area contributed by atoms with Crippen LogP contribution in [0.2, 0.25) is 0 Å². The van der Waals surface area contributed by atoms with Gasteiger partial charge in [0, 0.05) is 102 Å². The molecule has 1 aromatic heterocycles. The fraction of sp³-hybridized carbons (Fsp3) is 0.633. The summed E-state index contributed by atoms with van der Waals surface area (Å²) in [5.74, 6) is -7.62. The number of aromatic hydroxyl groups is 1. The summed E-state index contributed by atoms with van der Waals surface area (Å²) in [5, 5.41) is 42.2. The Kier molecular flexibility index (Phi) is 28.4. The molecule has 9 amide bonds. The van der Waals surface area contributed by atoms with Gasteiger partial charge in [0.25, 0.3) is 17.7 Å². The number of anilines is 1. The molecule has 1 aromatic carbocycles. The van der Waals surface area contributed by atoms with Crippen molar-refractivity contribution in [1.82, 2.24) is 51.6 Å². The van der Waals surface area contributed by atoms with Crippen LogP contribution in [0.4, 0.5) is 5.69 Å². The first-order valence-corrected chi connectivity index (χ1v) is 30.6. The summed E-state index contributed by atoms with van der Waals surface area (Å²) in [7, 11) is 3.69. The van der Waals surface area contributed by atoms with Gasteiger partial charge in [0.15, 0.2) is 6.10 Å². The molecule has 2 unspecified atom stereocenters. The zero-order valence-corrected chi connectivity index (χ0v) is 53.1. The van der Waals surface area contributed by atoms with E-state index in [4.69, 9.17) is 9.47 Å². The highest BCUT2D eigenvalue weighted by molar-refractivity contribution is 7.09. The third-order valence-corrected chi connectivity index (χ3v) is 16.9. The summed E-state index contributed by atoms with van der Waals surface area (Å²) in [6.07, 6.45) is 2.97. The lowest BCUT2D eigenvalue weighted by Gasteiger charge is -2.42. The van der Waals surface area contributed by atoms with Crippen LogP contribution in [0, 0.1) is 23.2 Å². The Morgan fingerprint density at radius 1 is 0.874 bits per heavy atom. The number of carbonyl (C=O) groups is 11. The Balaban J connectivity index is 1.36. The summed E-state index contributed by atoms with van der Waals surface area (Å²) in [6, 6.07) is -0.281. The molecule has 0 saturated carbocycles. The number of carboxylic acid groups (broad SMARTS) is 1. The summed E-state index contributed by atoms with van der Waals surface area (Å²) in [6.45, 7) is 19.7. The maximum Gasteiger partial charge on any atom is 0.306 e. The van der Waals surface area contributed by atoms with E-state index in [1.807, 2.05) is 48.6 Å². The summed E-state index contributed by atoms with van der Waals surface area (Å²) >= 11 is 1.07. The van der Waals surface area contributed by atoms with Gasteiger partial charge in [0.1, 0.15) is 34.6 Å². The molecule has 2 aliphatic heterocycles. The normalized spacial score (nSPS) is 17.5. The number of amides is 9. The van der Waals surface area contributed by atoms with Crippen molar-refractivity contribution < 1.29 is 72.4 Å². The lowest BCUT2D eigenvalue weighted by molar-refractivity contribution is -0.149. The predicted octanol–water partition coefficient (Wildman–Crippen LogP) is 2.80. The number of imide groups is 1. The highest BCUT2D eigenvalue weighted by atomic mass is 32.1. The number of aromatic nitrogens is 1. The van der Waals surface area contributed by atoms with Crippen LogP contribution in [0.15, 0.2) is 35.7 Å². The second-order valence-corrected chi connectivity index (χ2v) is 24.2. The number of ether oxygens (including phenoxy) is 2. The second kappa shape index (κ2) is 34.3. The number of likely N-dealkylation sites (N-methyl/N-ethyl adjacent to an activating group) is 2. The topological polar surface area (TPSA) is 354 Å². The lowest BCUT2D eigenvalue weighted by atomic mass is 9.81. The molecule has 87 heavy (non-hydrogen) atoms. The minimum absolute atomic E-state index is 0.0212. The van der Waals surface area contributed by atoms with Crippen molar-refractivity contribution in [3.63, 3.8) is 0 Å². The molecule has 26 nitrogen and oxygen atoms in total. The number of hydrogen-bond donors (Lipinski definition) is 9. The van der Waals surface area contributed by atoms with Crippen molar-refractivity contribution in [2.24, 2.45) is 23.2 Å². The molecule has 0 radical (unpaired) electrons. The molecular formula is C60H91N11O15S. The van der Waals surface area contributed by atoms with Crippen LogP contribution in [0.1, 0.15) is 141 Å². The van der Waals surface area contributed by atoms with Crippen LogP contribution in [-0.2, 0) is 63.8 Å². The van der Waals surface area contributed by atoms with E-state index in [0.29, 0.717) is 31.4 Å². The van der Waals surface area contributed by atoms with E-state index in [9.17, 15) is 63.0 Å². The van der Waals surface area contributed by atoms with Crippen molar-refractivity contribution in [2.45, 2.75) is 163 Å². The molecule has 0 aliphatic carbocycles. The van der Waals surface area contributed by atoms with Crippen molar-refractivity contribution in [2.75, 3.05) is 65.3 Å². The number of phenolic OH excluding ortho intramolecular Hbond substituents is 1. The number of phenols is 1. The molecule has 10 atom stereocenters. The second-order valence-electron chi connectivity index (χ2n) is 23.3. The SMILES string of the molecule is CCC(C)[C@@H](C[C@@H](OC(C)=O)c1nc(C(=O)N[C@@H](Cc2ccc(O)c(NC(=O)[C@H](C)NC(=O)[C@H](C)NC(=O)CCOCCNC(=O)CCCN3C(=O)C=CC3=O)c2)C[C@H](C)C(=O)O)cs1)N(C)C(=O)[C@@H](NC(=O)C(C)(C)C1CN(C)CCN1)[C@@H](C)CC. The molecule has 27 heteroatoms. The van der Waals surface area contributed by atoms with Gasteiger partial charge in [-0.3, -0.25) is 57.6 Å². The number of esters is 1. The highest BCUT2D eigenvalue weighted by Gasteiger charge is 2.43. The molecule has 9 N–H and O–H groups in total. The average molecular weight is 1240 g/mol. The molecule has 4 rings (SSSR count). The molecule has 1 fully saturated rings. The number of aliphatic carboxylic acids is 1. The van der Waals surface area contributed by atoms with Gasteiger partial charge in [-0.15, -0.1) is 11.3 Å². The fourth-order valence-corrected chi connectivity index (χ4v) is 10.7. The van der Waals surface area contributed by atoms with Gasteiger partial charge >= 0.3 is 11.9 Å². The Bertz CT molecular complexity index is 2770. The Hall–Kier alpha value is -7.36. The molecule has 1 saturated heterocycles. The first-order valence-electron chi connectivity index (χ1n) is 29.7. The van der Waals surface area contributed by atoms with Crippen LogP contribution < -0.4 is 37.2 Å². The van der Waals surface area contributed by atoms with E-state index >= 15 is 0 Å². The number of piperazine rings is 1.